The minimum atomic E-state index is -0.788. The van der Waals surface area contributed by atoms with Gasteiger partial charge in [-0.3, -0.25) is 14.4 Å². The molecule has 0 bridgehead atoms. The van der Waals surface area contributed by atoms with Crippen molar-refractivity contribution in [3.8, 4) is 0 Å². The maximum absolute atomic E-state index is 12.8. The van der Waals surface area contributed by atoms with Crippen molar-refractivity contribution in [2.24, 2.45) is 0 Å². The molecule has 0 saturated heterocycles. The highest BCUT2D eigenvalue weighted by Gasteiger charge is 2.19. The topological polar surface area (TPSA) is 78.9 Å². The number of hydrogen-bond acceptors (Lipinski definition) is 6. The lowest BCUT2D eigenvalue weighted by Gasteiger charge is -2.18. The molecular formula is C66H110O6. The Morgan fingerprint density at radius 2 is 0.542 bits per heavy atom. The highest BCUT2D eigenvalue weighted by atomic mass is 16.6. The van der Waals surface area contributed by atoms with Gasteiger partial charge in [-0.25, -0.2) is 0 Å². The molecule has 0 fully saturated rings. The highest BCUT2D eigenvalue weighted by Crippen LogP contribution is 2.15. The van der Waals surface area contributed by atoms with Crippen LogP contribution in [0.5, 0.6) is 0 Å². The summed E-state index contributed by atoms with van der Waals surface area (Å²) >= 11 is 0. The van der Waals surface area contributed by atoms with Gasteiger partial charge in [-0.2, -0.15) is 0 Å². The van der Waals surface area contributed by atoms with E-state index in [1.807, 2.05) is 0 Å². The van der Waals surface area contributed by atoms with Crippen molar-refractivity contribution < 1.29 is 28.6 Å². The summed E-state index contributed by atoms with van der Waals surface area (Å²) in [4.78, 5) is 37.9. The Labute approximate surface area is 444 Å². The van der Waals surface area contributed by atoms with E-state index in [0.717, 1.165) is 122 Å². The van der Waals surface area contributed by atoms with Crippen molar-refractivity contribution in [2.75, 3.05) is 13.2 Å². The molecule has 0 aliphatic rings. The Bertz CT molecular complexity index is 1470. The molecule has 0 aromatic rings. The van der Waals surface area contributed by atoms with Crippen LogP contribution >= 0.6 is 0 Å². The Morgan fingerprint density at radius 1 is 0.292 bits per heavy atom. The lowest BCUT2D eigenvalue weighted by atomic mass is 10.1. The molecule has 0 rings (SSSR count). The van der Waals surface area contributed by atoms with E-state index in [-0.39, 0.29) is 31.1 Å². The number of carbonyl (C=O) groups is 3. The Morgan fingerprint density at radius 3 is 0.861 bits per heavy atom. The molecule has 0 spiro atoms. The quantitative estimate of drug-likeness (QED) is 0.0261. The lowest BCUT2D eigenvalue weighted by molar-refractivity contribution is -0.167. The van der Waals surface area contributed by atoms with Gasteiger partial charge in [0.2, 0.25) is 0 Å². The van der Waals surface area contributed by atoms with E-state index in [0.29, 0.717) is 19.3 Å². The summed E-state index contributed by atoms with van der Waals surface area (Å²) in [6.45, 7) is 6.44. The monoisotopic (exact) mass is 999 g/mol. The van der Waals surface area contributed by atoms with Gasteiger partial charge in [-0.05, 0) is 109 Å². The van der Waals surface area contributed by atoms with Crippen LogP contribution in [-0.4, -0.2) is 37.2 Å². The van der Waals surface area contributed by atoms with E-state index in [9.17, 15) is 14.4 Å². The van der Waals surface area contributed by atoms with E-state index in [1.54, 1.807) is 0 Å². The summed E-state index contributed by atoms with van der Waals surface area (Å²) < 4.78 is 16.7. The molecule has 410 valence electrons. The maximum atomic E-state index is 12.8. The normalized spacial score (nSPS) is 12.9. The van der Waals surface area contributed by atoms with Crippen LogP contribution in [0.1, 0.15) is 271 Å². The highest BCUT2D eigenvalue weighted by molar-refractivity contribution is 5.71. The van der Waals surface area contributed by atoms with Gasteiger partial charge < -0.3 is 14.2 Å². The SMILES string of the molecule is CC/C=C\C/C=C\C/C=C\C/C=C\C/C=C\C/C=C\C/C=C\C/C=C\CCCCCCC(=O)OCC(COC(=O)CCCCCCCC)OC(=O)CCCCCCCCCCC/C=C\CCCCCCCC. The fraction of sp³-hybridized carbons (Fsp3) is 0.682. The second-order valence-electron chi connectivity index (χ2n) is 19.5. The number of ether oxygens (including phenoxy) is 3. The van der Waals surface area contributed by atoms with Crippen molar-refractivity contribution >= 4 is 17.9 Å². The molecule has 0 N–H and O–H groups in total. The molecule has 0 aliphatic carbocycles. The fourth-order valence-electron chi connectivity index (χ4n) is 8.04. The molecule has 0 aromatic heterocycles. The molecule has 6 nitrogen and oxygen atoms in total. The molecule has 0 radical (unpaired) electrons. The third-order valence-corrected chi connectivity index (χ3v) is 12.5. The average molecular weight is 1000 g/mol. The van der Waals surface area contributed by atoms with Crippen molar-refractivity contribution in [1.82, 2.24) is 0 Å². The molecule has 0 aliphatic heterocycles. The largest absolute Gasteiger partial charge is 0.462 e. The summed E-state index contributed by atoms with van der Waals surface area (Å²) in [6, 6.07) is 0. The molecule has 0 heterocycles. The minimum absolute atomic E-state index is 0.0873. The van der Waals surface area contributed by atoms with E-state index < -0.39 is 6.10 Å². The van der Waals surface area contributed by atoms with Crippen LogP contribution in [-0.2, 0) is 28.6 Å². The first kappa shape index (κ1) is 68.1. The smallest absolute Gasteiger partial charge is 0.306 e. The van der Waals surface area contributed by atoms with Crippen molar-refractivity contribution in [1.29, 1.82) is 0 Å². The number of hydrogen-bond donors (Lipinski definition) is 0. The first-order valence-electron chi connectivity index (χ1n) is 29.9. The Hall–Kier alpha value is -3.93. The molecular weight excluding hydrogens is 889 g/mol. The molecule has 6 heteroatoms. The minimum Gasteiger partial charge on any atom is -0.462 e. The predicted molar refractivity (Wildman–Crippen MR) is 311 cm³/mol. The number of carbonyl (C=O) groups excluding carboxylic acids is 3. The van der Waals surface area contributed by atoms with Gasteiger partial charge in [0, 0.05) is 19.3 Å². The van der Waals surface area contributed by atoms with Crippen LogP contribution in [0, 0.1) is 0 Å². The van der Waals surface area contributed by atoms with Gasteiger partial charge in [-0.15, -0.1) is 0 Å². The van der Waals surface area contributed by atoms with Gasteiger partial charge in [0.1, 0.15) is 13.2 Å². The van der Waals surface area contributed by atoms with Gasteiger partial charge in [0.05, 0.1) is 0 Å². The average Bonchev–Trinajstić information content (AvgIpc) is 3.38. The third-order valence-electron chi connectivity index (χ3n) is 12.5. The van der Waals surface area contributed by atoms with E-state index in [1.165, 1.54) is 109 Å². The lowest BCUT2D eigenvalue weighted by Crippen LogP contribution is -2.30. The zero-order valence-electron chi connectivity index (χ0n) is 46.9. The first-order valence-corrected chi connectivity index (χ1v) is 29.9. The first-order chi connectivity index (χ1) is 35.5. The number of unbranched alkanes of at least 4 members (excludes halogenated alkanes) is 24. The maximum Gasteiger partial charge on any atom is 0.306 e. The van der Waals surface area contributed by atoms with Crippen LogP contribution in [0.25, 0.3) is 0 Å². The van der Waals surface area contributed by atoms with Crippen LogP contribution in [0.2, 0.25) is 0 Å². The standard InChI is InChI=1S/C66H110O6/c1-4-7-10-13-16-18-20-22-24-26-28-29-30-31-32-33-34-35-36-37-39-40-42-44-46-48-50-53-56-59-65(68)71-62-63(61-70-64(67)58-55-52-15-12-9-6-3)72-66(69)60-57-54-51-49-47-45-43-41-38-27-25-23-21-19-17-14-11-8-5-2/h7,10,16,18,22-25,28-29,31-32,34-35,37,39,42,44,63H,4-6,8-9,11-15,17,19-21,26-27,30,33,36,38,40-41,43,45-62H2,1-3H3/b10-7-,18-16-,24-22-,25-23-,29-28-,32-31-,35-34-,39-37-,44-42-. The van der Waals surface area contributed by atoms with E-state index in [2.05, 4.69) is 130 Å². The molecule has 1 unspecified atom stereocenters. The van der Waals surface area contributed by atoms with Crippen molar-refractivity contribution in [3.05, 3.63) is 109 Å². The Kier molecular flexibility index (Phi) is 56.4. The summed E-state index contributed by atoms with van der Waals surface area (Å²) in [6.07, 6.45) is 81.1. The second-order valence-corrected chi connectivity index (χ2v) is 19.5. The van der Waals surface area contributed by atoms with Crippen LogP contribution in [0.4, 0.5) is 0 Å². The molecule has 0 amide bonds. The summed E-state index contributed by atoms with van der Waals surface area (Å²) in [7, 11) is 0. The second kappa shape index (κ2) is 59.6. The zero-order chi connectivity index (χ0) is 52.2. The zero-order valence-corrected chi connectivity index (χ0v) is 46.9. The van der Waals surface area contributed by atoms with Crippen LogP contribution in [0.15, 0.2) is 109 Å². The summed E-state index contributed by atoms with van der Waals surface area (Å²) in [5.74, 6) is -0.924. The van der Waals surface area contributed by atoms with Crippen LogP contribution in [0.3, 0.4) is 0 Å². The predicted octanol–water partition coefficient (Wildman–Crippen LogP) is 20.3. The molecule has 72 heavy (non-hydrogen) atoms. The molecule has 0 aromatic carbocycles. The van der Waals surface area contributed by atoms with Gasteiger partial charge in [0.15, 0.2) is 6.10 Å². The summed E-state index contributed by atoms with van der Waals surface area (Å²) in [5.41, 5.74) is 0. The van der Waals surface area contributed by atoms with Gasteiger partial charge in [0.25, 0.3) is 0 Å². The van der Waals surface area contributed by atoms with E-state index in [4.69, 9.17) is 14.2 Å². The van der Waals surface area contributed by atoms with Gasteiger partial charge in [-0.1, -0.05) is 252 Å². The third kappa shape index (κ3) is 57.0. The number of rotatable bonds is 53. The molecule has 0 saturated carbocycles. The number of allylic oxidation sites excluding steroid dienone is 18. The van der Waals surface area contributed by atoms with E-state index >= 15 is 0 Å². The Balaban J connectivity index is 4.21. The van der Waals surface area contributed by atoms with Crippen LogP contribution < -0.4 is 0 Å². The summed E-state index contributed by atoms with van der Waals surface area (Å²) in [5, 5.41) is 0. The number of esters is 3. The fourth-order valence-corrected chi connectivity index (χ4v) is 8.04. The van der Waals surface area contributed by atoms with Crippen molar-refractivity contribution in [2.45, 2.75) is 277 Å². The van der Waals surface area contributed by atoms with Gasteiger partial charge >= 0.3 is 17.9 Å². The van der Waals surface area contributed by atoms with Crippen molar-refractivity contribution in [3.63, 3.8) is 0 Å². The molecule has 1 atom stereocenters.